The summed E-state index contributed by atoms with van der Waals surface area (Å²) in [5.41, 5.74) is -0.586. The molecule has 0 heterocycles. The molecule has 0 atom stereocenters. The van der Waals surface area contributed by atoms with E-state index in [1.807, 2.05) is 0 Å². The number of benzene rings is 3. The summed E-state index contributed by atoms with van der Waals surface area (Å²) in [6.45, 7) is -0.660. The van der Waals surface area contributed by atoms with Gasteiger partial charge in [0.05, 0.1) is 11.3 Å². The molecule has 0 aliphatic carbocycles. The molecule has 0 unspecified atom stereocenters. The first kappa shape index (κ1) is 20.3. The van der Waals surface area contributed by atoms with Crippen LogP contribution in [-0.4, -0.2) is 12.5 Å². The lowest BCUT2D eigenvalue weighted by molar-refractivity contribution is -0.137. The van der Waals surface area contributed by atoms with Crippen molar-refractivity contribution in [1.29, 1.82) is 0 Å². The molecule has 29 heavy (non-hydrogen) atoms. The standard InChI is InChI=1S/C21H14F5NO2/c22-15-10-17(13-5-2-1-3-6-13)20(18(23)11-15)27-19(28)12-29-16-8-4-7-14(9-16)21(24,25)26/h1-11H,12H2,(H,27,28). The number of amides is 1. The topological polar surface area (TPSA) is 38.3 Å². The van der Waals surface area contributed by atoms with E-state index >= 15 is 0 Å². The van der Waals surface area contributed by atoms with Gasteiger partial charge >= 0.3 is 6.18 Å². The lowest BCUT2D eigenvalue weighted by atomic mass is 10.0. The molecular weight excluding hydrogens is 393 g/mol. The van der Waals surface area contributed by atoms with Crippen LogP contribution in [0.25, 0.3) is 11.1 Å². The van der Waals surface area contributed by atoms with Crippen LogP contribution in [0.1, 0.15) is 5.56 Å². The quantitative estimate of drug-likeness (QED) is 0.554. The Morgan fingerprint density at radius 3 is 2.34 bits per heavy atom. The van der Waals surface area contributed by atoms with Gasteiger partial charge in [-0.05, 0) is 29.8 Å². The van der Waals surface area contributed by atoms with Crippen LogP contribution in [0.5, 0.6) is 5.75 Å². The number of nitrogens with one attached hydrogen (secondary N) is 1. The number of alkyl halides is 3. The Kier molecular flexibility index (Phi) is 5.81. The summed E-state index contributed by atoms with van der Waals surface area (Å²) < 4.78 is 71.2. The molecule has 3 nitrogen and oxygen atoms in total. The van der Waals surface area contributed by atoms with Gasteiger partial charge in [0.15, 0.2) is 6.61 Å². The first-order valence-corrected chi connectivity index (χ1v) is 8.38. The monoisotopic (exact) mass is 407 g/mol. The van der Waals surface area contributed by atoms with E-state index in [-0.39, 0.29) is 17.0 Å². The third-order valence-electron chi connectivity index (χ3n) is 3.94. The van der Waals surface area contributed by atoms with Crippen molar-refractivity contribution in [2.24, 2.45) is 0 Å². The summed E-state index contributed by atoms with van der Waals surface area (Å²) in [6, 6.07) is 14.0. The van der Waals surface area contributed by atoms with E-state index in [0.717, 1.165) is 24.3 Å². The van der Waals surface area contributed by atoms with Gasteiger partial charge in [0, 0.05) is 11.6 Å². The van der Waals surface area contributed by atoms with Gasteiger partial charge < -0.3 is 10.1 Å². The second kappa shape index (κ2) is 8.30. The fourth-order valence-electron chi connectivity index (χ4n) is 2.63. The van der Waals surface area contributed by atoms with Crippen molar-refractivity contribution in [3.63, 3.8) is 0 Å². The van der Waals surface area contributed by atoms with E-state index < -0.39 is 35.9 Å². The molecule has 0 bridgehead atoms. The molecule has 1 amide bonds. The van der Waals surface area contributed by atoms with E-state index in [4.69, 9.17) is 4.74 Å². The third-order valence-corrected chi connectivity index (χ3v) is 3.94. The molecule has 0 fully saturated rings. The average Bonchev–Trinajstić information content (AvgIpc) is 2.68. The van der Waals surface area contributed by atoms with Crippen molar-refractivity contribution in [3.8, 4) is 16.9 Å². The largest absolute Gasteiger partial charge is 0.484 e. The summed E-state index contributed by atoms with van der Waals surface area (Å²) >= 11 is 0. The van der Waals surface area contributed by atoms with Gasteiger partial charge in [-0.1, -0.05) is 36.4 Å². The van der Waals surface area contributed by atoms with E-state index in [9.17, 15) is 26.7 Å². The zero-order valence-corrected chi connectivity index (χ0v) is 14.8. The van der Waals surface area contributed by atoms with Gasteiger partial charge in [0.1, 0.15) is 17.4 Å². The van der Waals surface area contributed by atoms with Crippen molar-refractivity contribution in [2.75, 3.05) is 11.9 Å². The molecule has 8 heteroatoms. The minimum Gasteiger partial charge on any atom is -0.484 e. The second-order valence-corrected chi connectivity index (χ2v) is 6.04. The van der Waals surface area contributed by atoms with Crippen LogP contribution in [0.2, 0.25) is 0 Å². The molecule has 1 N–H and O–H groups in total. The Hall–Kier alpha value is -3.42. The fourth-order valence-corrected chi connectivity index (χ4v) is 2.63. The molecule has 3 aromatic carbocycles. The number of carbonyl (C=O) groups is 1. The highest BCUT2D eigenvalue weighted by Crippen LogP contribution is 2.32. The zero-order chi connectivity index (χ0) is 21.0. The lowest BCUT2D eigenvalue weighted by Gasteiger charge is -2.14. The highest BCUT2D eigenvalue weighted by molar-refractivity contribution is 5.96. The van der Waals surface area contributed by atoms with Crippen molar-refractivity contribution in [3.05, 3.63) is 83.9 Å². The maximum absolute atomic E-state index is 14.3. The maximum Gasteiger partial charge on any atom is 0.416 e. The Labute approximate surface area is 162 Å². The van der Waals surface area contributed by atoms with Gasteiger partial charge in [-0.25, -0.2) is 8.78 Å². The number of halogens is 5. The highest BCUT2D eigenvalue weighted by atomic mass is 19.4. The lowest BCUT2D eigenvalue weighted by Crippen LogP contribution is -2.21. The third kappa shape index (κ3) is 5.10. The van der Waals surface area contributed by atoms with Gasteiger partial charge in [-0.3, -0.25) is 4.79 Å². The van der Waals surface area contributed by atoms with Crippen LogP contribution < -0.4 is 10.1 Å². The number of ether oxygens (including phenoxy) is 1. The molecule has 3 rings (SSSR count). The Morgan fingerprint density at radius 2 is 1.66 bits per heavy atom. The highest BCUT2D eigenvalue weighted by Gasteiger charge is 2.30. The van der Waals surface area contributed by atoms with Gasteiger partial charge in [-0.15, -0.1) is 0 Å². The maximum atomic E-state index is 14.3. The van der Waals surface area contributed by atoms with Crippen molar-refractivity contribution in [1.82, 2.24) is 0 Å². The Bertz CT molecular complexity index is 1020. The van der Waals surface area contributed by atoms with E-state index in [2.05, 4.69) is 5.32 Å². The van der Waals surface area contributed by atoms with Gasteiger partial charge in [0.2, 0.25) is 0 Å². The Balaban J connectivity index is 1.76. The van der Waals surface area contributed by atoms with Crippen molar-refractivity contribution >= 4 is 11.6 Å². The molecule has 0 aliphatic heterocycles. The van der Waals surface area contributed by atoms with Gasteiger partial charge in [-0.2, -0.15) is 13.2 Å². The normalized spacial score (nSPS) is 11.2. The molecule has 0 spiro atoms. The van der Waals surface area contributed by atoms with E-state index in [1.54, 1.807) is 30.3 Å². The van der Waals surface area contributed by atoms with E-state index in [1.165, 1.54) is 6.07 Å². The summed E-state index contributed by atoms with van der Waals surface area (Å²) in [4.78, 5) is 12.2. The minimum atomic E-state index is -4.55. The fraction of sp³-hybridized carbons (Fsp3) is 0.0952. The van der Waals surface area contributed by atoms with Crippen LogP contribution in [0.4, 0.5) is 27.6 Å². The predicted octanol–water partition coefficient (Wildman–Crippen LogP) is 5.67. The number of hydrogen-bond donors (Lipinski definition) is 1. The van der Waals surface area contributed by atoms with Crippen LogP contribution in [0.15, 0.2) is 66.7 Å². The minimum absolute atomic E-state index is 0.121. The molecular formula is C21H14F5NO2. The van der Waals surface area contributed by atoms with Gasteiger partial charge in [0.25, 0.3) is 5.91 Å². The molecule has 0 aliphatic rings. The van der Waals surface area contributed by atoms with Crippen LogP contribution in [0, 0.1) is 11.6 Å². The second-order valence-electron chi connectivity index (χ2n) is 6.04. The first-order chi connectivity index (χ1) is 13.7. The zero-order valence-electron chi connectivity index (χ0n) is 14.8. The average molecular weight is 407 g/mol. The molecule has 0 saturated carbocycles. The van der Waals surface area contributed by atoms with Crippen LogP contribution in [-0.2, 0) is 11.0 Å². The summed E-state index contributed by atoms with van der Waals surface area (Å²) in [5, 5.41) is 2.29. The molecule has 0 saturated heterocycles. The predicted molar refractivity (Wildman–Crippen MR) is 97.4 cm³/mol. The molecule has 150 valence electrons. The van der Waals surface area contributed by atoms with Crippen LogP contribution >= 0.6 is 0 Å². The van der Waals surface area contributed by atoms with Crippen molar-refractivity contribution in [2.45, 2.75) is 6.18 Å². The van der Waals surface area contributed by atoms with Crippen molar-refractivity contribution < 1.29 is 31.5 Å². The SMILES string of the molecule is O=C(COc1cccc(C(F)(F)F)c1)Nc1c(F)cc(F)cc1-c1ccccc1. The molecule has 0 aromatic heterocycles. The number of carbonyl (C=O) groups excluding carboxylic acids is 1. The van der Waals surface area contributed by atoms with Crippen LogP contribution in [0.3, 0.4) is 0 Å². The summed E-state index contributed by atoms with van der Waals surface area (Å²) in [6.07, 6.45) is -4.55. The number of hydrogen-bond acceptors (Lipinski definition) is 2. The molecule has 0 radical (unpaired) electrons. The van der Waals surface area contributed by atoms with E-state index in [0.29, 0.717) is 11.6 Å². The summed E-state index contributed by atoms with van der Waals surface area (Å²) in [5.74, 6) is -2.79. The number of anilines is 1. The molecule has 3 aromatic rings. The first-order valence-electron chi connectivity index (χ1n) is 8.38. The smallest absolute Gasteiger partial charge is 0.416 e. The summed E-state index contributed by atoms with van der Waals surface area (Å²) in [7, 11) is 0. The number of rotatable bonds is 5. The Morgan fingerprint density at radius 1 is 0.931 bits per heavy atom.